The second-order valence-electron chi connectivity index (χ2n) is 4.77. The molecule has 1 aliphatic rings. The zero-order valence-corrected chi connectivity index (χ0v) is 12.9. The van der Waals surface area contributed by atoms with Gasteiger partial charge in [0, 0.05) is 38.1 Å². The van der Waals surface area contributed by atoms with Crippen molar-refractivity contribution in [3.8, 4) is 11.6 Å². The quantitative estimate of drug-likeness (QED) is 0.936. The van der Waals surface area contributed by atoms with Crippen LogP contribution in [0.1, 0.15) is 0 Å². The first-order valence-corrected chi connectivity index (χ1v) is 7.52. The van der Waals surface area contributed by atoms with E-state index in [1.807, 2.05) is 24.3 Å². The third-order valence-electron chi connectivity index (χ3n) is 3.31. The lowest BCUT2D eigenvalue weighted by Crippen LogP contribution is -2.43. The van der Waals surface area contributed by atoms with Crippen molar-refractivity contribution in [1.82, 2.24) is 10.3 Å². The Morgan fingerprint density at radius 1 is 1.10 bits per heavy atom. The van der Waals surface area contributed by atoms with Crippen LogP contribution in [0.15, 0.2) is 36.5 Å². The molecule has 6 heteroatoms. The summed E-state index contributed by atoms with van der Waals surface area (Å²) in [4.78, 5) is 6.42. The van der Waals surface area contributed by atoms with Gasteiger partial charge in [-0.25, -0.2) is 4.98 Å². The predicted octanol–water partition coefficient (Wildman–Crippen LogP) is 3.59. The van der Waals surface area contributed by atoms with Crippen LogP contribution < -0.4 is 15.0 Å². The molecule has 1 aromatic carbocycles. The van der Waals surface area contributed by atoms with Crippen LogP contribution in [-0.4, -0.2) is 31.2 Å². The van der Waals surface area contributed by atoms with Crippen LogP contribution in [0.4, 0.5) is 5.69 Å². The fourth-order valence-corrected chi connectivity index (χ4v) is 2.66. The molecule has 2 aromatic rings. The number of hydrogen-bond donors (Lipinski definition) is 1. The molecule has 0 spiro atoms. The van der Waals surface area contributed by atoms with Crippen molar-refractivity contribution < 1.29 is 4.74 Å². The molecule has 0 bridgehead atoms. The second-order valence-corrected chi connectivity index (χ2v) is 5.62. The van der Waals surface area contributed by atoms with E-state index in [0.29, 0.717) is 21.7 Å². The highest BCUT2D eigenvalue weighted by molar-refractivity contribution is 6.35. The first-order valence-electron chi connectivity index (χ1n) is 6.77. The van der Waals surface area contributed by atoms with Crippen LogP contribution in [-0.2, 0) is 0 Å². The molecule has 0 unspecified atom stereocenters. The van der Waals surface area contributed by atoms with Gasteiger partial charge in [0.1, 0.15) is 10.8 Å². The molecular formula is C15H15Cl2N3O. The van der Waals surface area contributed by atoms with Crippen LogP contribution in [0.5, 0.6) is 11.6 Å². The van der Waals surface area contributed by atoms with E-state index in [2.05, 4.69) is 15.2 Å². The maximum absolute atomic E-state index is 6.05. The molecule has 110 valence electrons. The van der Waals surface area contributed by atoms with Gasteiger partial charge in [-0.3, -0.25) is 0 Å². The van der Waals surface area contributed by atoms with Crippen LogP contribution in [0.3, 0.4) is 0 Å². The topological polar surface area (TPSA) is 37.4 Å². The molecule has 1 N–H and O–H groups in total. The largest absolute Gasteiger partial charge is 0.438 e. The summed E-state index contributed by atoms with van der Waals surface area (Å²) in [6.45, 7) is 4.07. The number of piperazine rings is 1. The number of nitrogens with zero attached hydrogens (tertiary/aromatic N) is 2. The lowest BCUT2D eigenvalue weighted by molar-refractivity contribution is 0.463. The molecule has 4 nitrogen and oxygen atoms in total. The van der Waals surface area contributed by atoms with Gasteiger partial charge in [-0.1, -0.05) is 23.2 Å². The SMILES string of the molecule is Clc1cnc(Oc2ccc(N3CCNCC3)cc2)c(Cl)c1. The highest BCUT2D eigenvalue weighted by atomic mass is 35.5. The number of pyridine rings is 1. The van der Waals surface area contributed by atoms with Crippen LogP contribution in [0, 0.1) is 0 Å². The average molecular weight is 324 g/mol. The first-order chi connectivity index (χ1) is 10.2. The van der Waals surface area contributed by atoms with Crippen molar-refractivity contribution in [3.05, 3.63) is 46.6 Å². The van der Waals surface area contributed by atoms with E-state index in [4.69, 9.17) is 27.9 Å². The minimum Gasteiger partial charge on any atom is -0.438 e. The van der Waals surface area contributed by atoms with E-state index in [-0.39, 0.29) is 0 Å². The highest BCUT2D eigenvalue weighted by Crippen LogP contribution is 2.30. The summed E-state index contributed by atoms with van der Waals surface area (Å²) in [7, 11) is 0. The average Bonchev–Trinajstić information content (AvgIpc) is 2.52. The van der Waals surface area contributed by atoms with Gasteiger partial charge in [0.05, 0.1) is 5.02 Å². The van der Waals surface area contributed by atoms with E-state index in [9.17, 15) is 0 Å². The Hall–Kier alpha value is -1.49. The van der Waals surface area contributed by atoms with Crippen LogP contribution in [0.25, 0.3) is 0 Å². The van der Waals surface area contributed by atoms with Crippen molar-refractivity contribution in [3.63, 3.8) is 0 Å². The number of anilines is 1. The predicted molar refractivity (Wildman–Crippen MR) is 85.9 cm³/mol. The smallest absolute Gasteiger partial charge is 0.238 e. The number of ether oxygens (including phenoxy) is 1. The summed E-state index contributed by atoms with van der Waals surface area (Å²) in [5.41, 5.74) is 1.19. The van der Waals surface area contributed by atoms with E-state index >= 15 is 0 Å². The fraction of sp³-hybridized carbons (Fsp3) is 0.267. The Morgan fingerprint density at radius 2 is 1.81 bits per heavy atom. The molecular weight excluding hydrogens is 309 g/mol. The van der Waals surface area contributed by atoms with Crippen molar-refractivity contribution in [2.24, 2.45) is 0 Å². The second kappa shape index (κ2) is 6.52. The Balaban J connectivity index is 1.71. The number of rotatable bonds is 3. The van der Waals surface area contributed by atoms with E-state index in [0.717, 1.165) is 26.2 Å². The fourth-order valence-electron chi connectivity index (χ4n) is 2.24. The summed E-state index contributed by atoms with van der Waals surface area (Å²) >= 11 is 11.9. The number of halogens is 2. The molecule has 0 radical (unpaired) electrons. The van der Waals surface area contributed by atoms with Crippen molar-refractivity contribution in [2.75, 3.05) is 31.1 Å². The lowest BCUT2D eigenvalue weighted by Gasteiger charge is -2.29. The Labute approximate surface area is 133 Å². The van der Waals surface area contributed by atoms with Gasteiger partial charge in [0.2, 0.25) is 5.88 Å². The summed E-state index contributed by atoms with van der Waals surface area (Å²) in [5.74, 6) is 1.06. The van der Waals surface area contributed by atoms with Gasteiger partial charge in [0.15, 0.2) is 0 Å². The first kappa shape index (κ1) is 14.4. The monoisotopic (exact) mass is 323 g/mol. The zero-order chi connectivity index (χ0) is 14.7. The molecule has 0 amide bonds. The number of nitrogens with one attached hydrogen (secondary N) is 1. The highest BCUT2D eigenvalue weighted by Gasteiger charge is 2.11. The molecule has 0 aliphatic carbocycles. The summed E-state index contributed by atoms with van der Waals surface area (Å²) in [5, 5.41) is 4.22. The molecule has 21 heavy (non-hydrogen) atoms. The molecule has 1 fully saturated rings. The van der Waals surface area contributed by atoms with Gasteiger partial charge < -0.3 is 15.0 Å². The van der Waals surface area contributed by atoms with Gasteiger partial charge in [-0.05, 0) is 30.3 Å². The maximum Gasteiger partial charge on any atom is 0.238 e. The van der Waals surface area contributed by atoms with Gasteiger partial charge in [-0.2, -0.15) is 0 Å². The number of hydrogen-bond acceptors (Lipinski definition) is 4. The van der Waals surface area contributed by atoms with Crippen molar-refractivity contribution in [2.45, 2.75) is 0 Å². The van der Waals surface area contributed by atoms with Gasteiger partial charge >= 0.3 is 0 Å². The van der Waals surface area contributed by atoms with Gasteiger partial charge in [-0.15, -0.1) is 0 Å². The normalized spacial score (nSPS) is 15.0. The third kappa shape index (κ3) is 3.59. The van der Waals surface area contributed by atoms with Crippen LogP contribution >= 0.6 is 23.2 Å². The number of benzene rings is 1. The number of aromatic nitrogens is 1. The van der Waals surface area contributed by atoms with Crippen LogP contribution in [0.2, 0.25) is 10.0 Å². The Morgan fingerprint density at radius 3 is 2.48 bits per heavy atom. The molecule has 1 aliphatic heterocycles. The lowest BCUT2D eigenvalue weighted by atomic mass is 10.2. The zero-order valence-electron chi connectivity index (χ0n) is 11.4. The standard InChI is InChI=1S/C15H15Cl2N3O/c16-11-9-14(17)15(19-10-11)21-13-3-1-12(2-4-13)20-7-5-18-6-8-20/h1-4,9-10,18H,5-8H2. The summed E-state index contributed by atoms with van der Waals surface area (Å²) < 4.78 is 5.67. The maximum atomic E-state index is 6.05. The van der Waals surface area contributed by atoms with E-state index in [1.165, 1.54) is 11.9 Å². The molecule has 1 aromatic heterocycles. The molecule has 0 atom stereocenters. The summed E-state index contributed by atoms with van der Waals surface area (Å²) in [6, 6.07) is 9.55. The van der Waals surface area contributed by atoms with Crippen molar-refractivity contribution in [1.29, 1.82) is 0 Å². The minimum absolute atomic E-state index is 0.357. The van der Waals surface area contributed by atoms with E-state index < -0.39 is 0 Å². The molecule has 3 rings (SSSR count). The Bertz CT molecular complexity index is 613. The summed E-state index contributed by atoms with van der Waals surface area (Å²) in [6.07, 6.45) is 1.51. The Kier molecular flexibility index (Phi) is 4.48. The van der Waals surface area contributed by atoms with E-state index in [1.54, 1.807) is 6.07 Å². The van der Waals surface area contributed by atoms with Crippen molar-refractivity contribution >= 4 is 28.9 Å². The molecule has 0 saturated carbocycles. The third-order valence-corrected chi connectivity index (χ3v) is 3.78. The van der Waals surface area contributed by atoms with Gasteiger partial charge in [0.25, 0.3) is 0 Å². The minimum atomic E-state index is 0.357. The molecule has 1 saturated heterocycles. The molecule has 2 heterocycles.